The molecule has 11 nitrogen and oxygen atoms in total. The number of ether oxygens (including phenoxy) is 3. The molecule has 1 aromatic carbocycles. The average Bonchev–Trinajstić information content (AvgIpc) is 2.73. The second-order valence-electron chi connectivity index (χ2n) is 7.41. The van der Waals surface area contributed by atoms with Gasteiger partial charge in [-0.1, -0.05) is 6.92 Å². The van der Waals surface area contributed by atoms with Gasteiger partial charge in [-0.25, -0.2) is 14.4 Å². The molecule has 2 unspecified atom stereocenters. The summed E-state index contributed by atoms with van der Waals surface area (Å²) in [6, 6.07) is 0.237. The van der Waals surface area contributed by atoms with E-state index in [1.165, 1.54) is 31.9 Å². The topological polar surface area (TPSA) is 160 Å². The van der Waals surface area contributed by atoms with E-state index in [0.29, 0.717) is 5.56 Å². The van der Waals surface area contributed by atoms with Crippen LogP contribution >= 0.6 is 11.8 Å². The molecule has 1 heterocycles. The van der Waals surface area contributed by atoms with Gasteiger partial charge in [-0.2, -0.15) is 11.8 Å². The molecule has 0 aliphatic carbocycles. The number of phenols is 1. The van der Waals surface area contributed by atoms with Gasteiger partial charge >= 0.3 is 18.0 Å². The molecule has 1 aliphatic heterocycles. The van der Waals surface area contributed by atoms with Crippen molar-refractivity contribution >= 4 is 35.7 Å². The zero-order valence-electron chi connectivity index (χ0n) is 18.3. The summed E-state index contributed by atoms with van der Waals surface area (Å²) in [5.41, 5.74) is -1.22. The van der Waals surface area contributed by atoms with E-state index in [4.69, 9.17) is 14.2 Å². The number of carbonyl (C=O) groups is 4. The van der Waals surface area contributed by atoms with Crippen molar-refractivity contribution < 1.29 is 43.6 Å². The molecule has 0 bridgehead atoms. The van der Waals surface area contributed by atoms with Crippen molar-refractivity contribution in [1.29, 1.82) is 0 Å². The number of cyclic esters (lactones) is 1. The molecular formula is C20H26N2O9S. The minimum atomic E-state index is -1.91. The lowest BCUT2D eigenvalue weighted by Crippen LogP contribution is -2.63. The van der Waals surface area contributed by atoms with Crippen molar-refractivity contribution in [2.45, 2.75) is 43.4 Å². The minimum Gasteiger partial charge on any atom is -0.507 e. The van der Waals surface area contributed by atoms with Gasteiger partial charge in [0, 0.05) is 28.2 Å². The molecule has 12 heteroatoms. The number of rotatable bonds is 3. The number of esters is 2. The van der Waals surface area contributed by atoms with Crippen molar-refractivity contribution in [3.8, 4) is 11.5 Å². The Balaban J connectivity index is 2.63. The van der Waals surface area contributed by atoms with Crippen LogP contribution in [-0.2, 0) is 24.8 Å². The maximum Gasteiger partial charge on any atom is 0.405 e. The molecule has 0 saturated heterocycles. The van der Waals surface area contributed by atoms with E-state index < -0.39 is 47.4 Å². The van der Waals surface area contributed by atoms with Crippen molar-refractivity contribution in [2.24, 2.45) is 0 Å². The van der Waals surface area contributed by atoms with Crippen LogP contribution in [0.25, 0.3) is 0 Å². The van der Waals surface area contributed by atoms with E-state index in [9.17, 15) is 29.4 Å². The van der Waals surface area contributed by atoms with Crippen LogP contribution in [-0.4, -0.2) is 71.8 Å². The number of carboxylic acid groups (broad SMARTS) is 1. The Hall–Kier alpha value is -3.15. The summed E-state index contributed by atoms with van der Waals surface area (Å²) < 4.78 is 15.3. The molecule has 0 aromatic heterocycles. The molecule has 0 fully saturated rings. The highest BCUT2D eigenvalue weighted by Gasteiger charge is 2.41. The van der Waals surface area contributed by atoms with Crippen molar-refractivity contribution in [3.63, 3.8) is 0 Å². The van der Waals surface area contributed by atoms with Crippen molar-refractivity contribution in [1.82, 2.24) is 10.6 Å². The normalized spacial score (nSPS) is 24.0. The second kappa shape index (κ2) is 9.98. The van der Waals surface area contributed by atoms with E-state index in [1.807, 2.05) is 5.32 Å². The van der Waals surface area contributed by atoms with Gasteiger partial charge in [0.2, 0.25) is 5.91 Å². The van der Waals surface area contributed by atoms with E-state index in [-0.39, 0.29) is 28.4 Å². The first-order valence-corrected chi connectivity index (χ1v) is 10.6. The summed E-state index contributed by atoms with van der Waals surface area (Å²) in [4.78, 5) is 49.5. The molecule has 1 aromatic rings. The molecule has 2 amide bonds. The van der Waals surface area contributed by atoms with Gasteiger partial charge in [0.25, 0.3) is 0 Å². The number of methoxy groups -OCH3 is 2. The van der Waals surface area contributed by atoms with Gasteiger partial charge in [0.1, 0.15) is 24.1 Å². The fraction of sp³-hybridized carbons (Fsp3) is 0.500. The van der Waals surface area contributed by atoms with Crippen LogP contribution in [0.15, 0.2) is 6.07 Å². The Morgan fingerprint density at radius 3 is 2.56 bits per heavy atom. The zero-order valence-corrected chi connectivity index (χ0v) is 19.1. The van der Waals surface area contributed by atoms with E-state index in [1.54, 1.807) is 13.8 Å². The molecule has 3 atom stereocenters. The van der Waals surface area contributed by atoms with Crippen LogP contribution in [0.5, 0.6) is 11.5 Å². The highest BCUT2D eigenvalue weighted by molar-refractivity contribution is 7.99. The number of thioether (sulfide) groups is 1. The Morgan fingerprint density at radius 1 is 1.34 bits per heavy atom. The third kappa shape index (κ3) is 5.18. The number of phenolic OH excluding ortho intramolecular Hbond substituents is 1. The monoisotopic (exact) mass is 470 g/mol. The fourth-order valence-electron chi connectivity index (χ4n) is 3.21. The summed E-state index contributed by atoms with van der Waals surface area (Å²) in [5, 5.41) is 23.7. The summed E-state index contributed by atoms with van der Waals surface area (Å²) in [7, 11) is 2.54. The van der Waals surface area contributed by atoms with Crippen molar-refractivity contribution in [3.05, 3.63) is 22.8 Å². The van der Waals surface area contributed by atoms with Crippen molar-refractivity contribution in [2.75, 3.05) is 20.8 Å². The zero-order chi connectivity index (χ0) is 24.2. The maximum atomic E-state index is 13.0. The molecule has 176 valence electrons. The number of hydrogen-bond donors (Lipinski definition) is 4. The molecular weight excluding hydrogens is 444 g/mol. The Kier molecular flexibility index (Phi) is 7.83. The number of carbonyl (C=O) groups excluding carboxylic acids is 3. The SMILES string of the molecule is COC(=O)C1NC(=O)C(C)(NC(=O)O)COC(=O)c2c(C)c(OC)cc(O)c2CS[C@@H]1C. The average molecular weight is 471 g/mol. The molecule has 1 aliphatic rings. The lowest BCUT2D eigenvalue weighted by molar-refractivity contribution is -0.146. The minimum absolute atomic E-state index is 0.0369. The molecule has 0 radical (unpaired) electrons. The standard InChI is InChI=1S/C20H26N2O9S/c1-9-13(29-4)6-12(23)11-7-32-10(2)15(17(25)30-5)21-18(26)20(3,22-19(27)28)8-31-16(24)14(9)11/h6,10,15,22-23H,7-8H2,1-5H3,(H,21,26)(H,27,28)/t10-,15?,20?/m1/s1. The van der Waals surface area contributed by atoms with Crippen LogP contribution in [0.2, 0.25) is 0 Å². The number of amides is 2. The van der Waals surface area contributed by atoms with Crippen LogP contribution in [0, 0.1) is 6.92 Å². The number of nitrogens with one attached hydrogen (secondary N) is 2. The molecule has 0 saturated carbocycles. The Labute approximate surface area is 188 Å². The van der Waals surface area contributed by atoms with Crippen LogP contribution in [0.1, 0.15) is 35.3 Å². The lowest BCUT2D eigenvalue weighted by atomic mass is 9.99. The number of benzene rings is 1. The molecule has 4 N–H and O–H groups in total. The number of aromatic hydroxyl groups is 1. The van der Waals surface area contributed by atoms with Gasteiger partial charge in [-0.3, -0.25) is 4.79 Å². The van der Waals surface area contributed by atoms with Gasteiger partial charge in [0.05, 0.1) is 19.8 Å². The summed E-state index contributed by atoms with van der Waals surface area (Å²) in [5.74, 6) is -2.32. The first-order valence-electron chi connectivity index (χ1n) is 9.53. The molecule has 32 heavy (non-hydrogen) atoms. The Bertz CT molecular complexity index is 936. The van der Waals surface area contributed by atoms with Gasteiger partial charge in [-0.05, 0) is 13.8 Å². The van der Waals surface area contributed by atoms with Gasteiger partial charge in [0.15, 0.2) is 5.54 Å². The highest BCUT2D eigenvalue weighted by atomic mass is 32.2. The van der Waals surface area contributed by atoms with Crippen LogP contribution < -0.4 is 15.4 Å². The third-order valence-electron chi connectivity index (χ3n) is 5.13. The predicted octanol–water partition coefficient (Wildman–Crippen LogP) is 1.19. The summed E-state index contributed by atoms with van der Waals surface area (Å²) >= 11 is 1.18. The predicted molar refractivity (Wildman–Crippen MR) is 114 cm³/mol. The smallest absolute Gasteiger partial charge is 0.405 e. The van der Waals surface area contributed by atoms with Crippen LogP contribution in [0.4, 0.5) is 4.79 Å². The molecule has 2 rings (SSSR count). The second-order valence-corrected chi connectivity index (χ2v) is 8.77. The lowest BCUT2D eigenvalue weighted by Gasteiger charge is -2.32. The first-order chi connectivity index (χ1) is 14.9. The van der Waals surface area contributed by atoms with E-state index in [2.05, 4.69) is 5.32 Å². The summed E-state index contributed by atoms with van der Waals surface area (Å²) in [6.07, 6.45) is -1.53. The molecule has 0 spiro atoms. The third-order valence-corrected chi connectivity index (χ3v) is 6.38. The first kappa shape index (κ1) is 25.1. The number of fused-ring (bicyclic) bond motifs is 1. The highest BCUT2D eigenvalue weighted by Crippen LogP contribution is 2.37. The van der Waals surface area contributed by atoms with Gasteiger partial charge in [-0.15, -0.1) is 0 Å². The number of hydrogen-bond acceptors (Lipinski definition) is 9. The maximum absolute atomic E-state index is 13.0. The van der Waals surface area contributed by atoms with E-state index >= 15 is 0 Å². The fourth-order valence-corrected chi connectivity index (χ4v) is 4.31. The van der Waals surface area contributed by atoms with E-state index in [0.717, 1.165) is 7.11 Å². The summed E-state index contributed by atoms with van der Waals surface area (Å²) in [6.45, 7) is 3.82. The van der Waals surface area contributed by atoms with Crippen LogP contribution in [0.3, 0.4) is 0 Å². The largest absolute Gasteiger partial charge is 0.507 e. The quantitative estimate of drug-likeness (QED) is 0.472. The van der Waals surface area contributed by atoms with Gasteiger partial charge < -0.3 is 35.1 Å². The Morgan fingerprint density at radius 2 is 2.00 bits per heavy atom.